The van der Waals surface area contributed by atoms with Crippen LogP contribution in [0.2, 0.25) is 18.6 Å². The van der Waals surface area contributed by atoms with E-state index in [-0.39, 0.29) is 17.4 Å². The number of allylic oxidation sites excluding steroid dienone is 1. The predicted octanol–water partition coefficient (Wildman–Crippen LogP) is 2.47. The van der Waals surface area contributed by atoms with Crippen molar-refractivity contribution in [1.29, 1.82) is 0 Å². The lowest BCUT2D eigenvalue weighted by Crippen LogP contribution is -2.52. The average molecular weight is 304 g/mol. The molecule has 1 aliphatic rings. The summed E-state index contributed by atoms with van der Waals surface area (Å²) >= 11 is 0. The monoisotopic (exact) mass is 304 g/mol. The highest BCUT2D eigenvalue weighted by molar-refractivity contribution is 6.91. The van der Waals surface area contributed by atoms with Crippen molar-refractivity contribution in [2.45, 2.75) is 44.2 Å². The Hall–Kier alpha value is -1.39. The SMILES string of the molecule is C=CC[C@H]1C(=O)O[C@@H]([C@@H](C)O)[C@@H]1[Si](C)(C)c1ccccc1. The van der Waals surface area contributed by atoms with Crippen LogP contribution >= 0.6 is 0 Å². The molecule has 0 bridgehead atoms. The minimum atomic E-state index is -1.97. The summed E-state index contributed by atoms with van der Waals surface area (Å²) in [5, 5.41) is 11.3. The molecule has 0 aromatic heterocycles. The Morgan fingerprint density at radius 3 is 2.52 bits per heavy atom. The molecule has 0 unspecified atom stereocenters. The third-order valence-electron chi connectivity index (χ3n) is 4.59. The van der Waals surface area contributed by atoms with Gasteiger partial charge in [-0.1, -0.05) is 54.7 Å². The van der Waals surface area contributed by atoms with Gasteiger partial charge in [0, 0.05) is 5.54 Å². The largest absolute Gasteiger partial charge is 0.459 e. The lowest BCUT2D eigenvalue weighted by atomic mass is 9.98. The first-order chi connectivity index (χ1) is 9.89. The summed E-state index contributed by atoms with van der Waals surface area (Å²) in [4.78, 5) is 12.2. The van der Waals surface area contributed by atoms with Crippen LogP contribution in [0.1, 0.15) is 13.3 Å². The summed E-state index contributed by atoms with van der Waals surface area (Å²) in [5.74, 6) is -0.383. The Kier molecular flexibility index (Phi) is 4.69. The molecule has 0 aliphatic carbocycles. The van der Waals surface area contributed by atoms with E-state index in [9.17, 15) is 9.90 Å². The van der Waals surface area contributed by atoms with Crippen LogP contribution in [0.5, 0.6) is 0 Å². The van der Waals surface area contributed by atoms with Crippen LogP contribution in [0.3, 0.4) is 0 Å². The zero-order valence-corrected chi connectivity index (χ0v) is 14.0. The van der Waals surface area contributed by atoms with E-state index in [2.05, 4.69) is 31.8 Å². The molecular formula is C17H24O3Si. The van der Waals surface area contributed by atoms with Gasteiger partial charge in [-0.3, -0.25) is 4.79 Å². The van der Waals surface area contributed by atoms with Gasteiger partial charge in [0.05, 0.1) is 20.1 Å². The van der Waals surface area contributed by atoms with Crippen molar-refractivity contribution in [3.05, 3.63) is 43.0 Å². The van der Waals surface area contributed by atoms with E-state index in [4.69, 9.17) is 4.74 Å². The van der Waals surface area contributed by atoms with Crippen molar-refractivity contribution in [2.24, 2.45) is 5.92 Å². The van der Waals surface area contributed by atoms with Gasteiger partial charge < -0.3 is 9.84 Å². The molecule has 1 aromatic carbocycles. The fourth-order valence-corrected chi connectivity index (χ4v) is 7.35. The number of benzene rings is 1. The molecule has 1 fully saturated rings. The first kappa shape index (κ1) is 16.0. The van der Waals surface area contributed by atoms with E-state index in [1.165, 1.54) is 5.19 Å². The van der Waals surface area contributed by atoms with Gasteiger partial charge in [0.2, 0.25) is 0 Å². The first-order valence-electron chi connectivity index (χ1n) is 7.44. The number of carbonyl (C=O) groups excluding carboxylic acids is 1. The van der Waals surface area contributed by atoms with Gasteiger partial charge in [-0.15, -0.1) is 6.58 Å². The van der Waals surface area contributed by atoms with Crippen molar-refractivity contribution in [3.63, 3.8) is 0 Å². The summed E-state index contributed by atoms with van der Waals surface area (Å²) in [6.45, 7) is 9.97. The first-order valence-corrected chi connectivity index (χ1v) is 10.5. The molecular weight excluding hydrogens is 280 g/mol. The summed E-state index contributed by atoms with van der Waals surface area (Å²) < 4.78 is 5.51. The number of cyclic esters (lactones) is 1. The van der Waals surface area contributed by atoms with Gasteiger partial charge in [0.1, 0.15) is 6.10 Å². The second kappa shape index (κ2) is 6.16. The van der Waals surface area contributed by atoms with Crippen molar-refractivity contribution in [3.8, 4) is 0 Å². The Morgan fingerprint density at radius 1 is 1.38 bits per heavy atom. The second-order valence-electron chi connectivity index (χ2n) is 6.39. The van der Waals surface area contributed by atoms with E-state index >= 15 is 0 Å². The number of hydrogen-bond donors (Lipinski definition) is 1. The fraction of sp³-hybridized carbons (Fsp3) is 0.471. The Labute approximate surface area is 127 Å². The van der Waals surface area contributed by atoms with Crippen molar-refractivity contribution < 1.29 is 14.6 Å². The maximum absolute atomic E-state index is 12.2. The maximum atomic E-state index is 12.2. The topological polar surface area (TPSA) is 46.5 Å². The van der Waals surface area contributed by atoms with E-state index in [1.54, 1.807) is 13.0 Å². The molecule has 2 rings (SSSR count). The minimum absolute atomic E-state index is 0.0606. The summed E-state index contributed by atoms with van der Waals surface area (Å²) in [6.07, 6.45) is 1.32. The molecule has 1 saturated heterocycles. The second-order valence-corrected chi connectivity index (χ2v) is 11.1. The lowest BCUT2D eigenvalue weighted by Gasteiger charge is -2.36. The highest BCUT2D eigenvalue weighted by atomic mass is 28.3. The van der Waals surface area contributed by atoms with Gasteiger partial charge in [-0.05, 0) is 13.3 Å². The third kappa shape index (κ3) is 2.96. The number of hydrogen-bond acceptors (Lipinski definition) is 3. The molecule has 4 atom stereocenters. The third-order valence-corrected chi connectivity index (χ3v) is 8.81. The standard InChI is InChI=1S/C17H24O3Si/c1-5-9-14-16(15(12(2)18)20-17(14)19)21(3,4)13-10-7-6-8-11-13/h5-8,10-12,14-16,18H,1,9H2,2-4H3/t12-,14-,15+,16-/m1/s1. The maximum Gasteiger partial charge on any atom is 0.309 e. The average Bonchev–Trinajstić information content (AvgIpc) is 2.78. The van der Waals surface area contributed by atoms with Crippen LogP contribution in [0, 0.1) is 5.92 Å². The highest BCUT2D eigenvalue weighted by Crippen LogP contribution is 2.44. The number of ether oxygens (including phenoxy) is 1. The molecule has 0 spiro atoms. The normalized spacial score (nSPS) is 27.2. The van der Waals surface area contributed by atoms with Gasteiger partial charge in [0.25, 0.3) is 0 Å². The molecule has 114 valence electrons. The zero-order valence-electron chi connectivity index (χ0n) is 13.0. The van der Waals surface area contributed by atoms with E-state index in [1.807, 2.05) is 18.2 Å². The van der Waals surface area contributed by atoms with Gasteiger partial charge in [0.15, 0.2) is 0 Å². The predicted molar refractivity (Wildman–Crippen MR) is 87.2 cm³/mol. The van der Waals surface area contributed by atoms with Crippen LogP contribution in [0.4, 0.5) is 0 Å². The summed E-state index contributed by atoms with van der Waals surface area (Å²) in [5.41, 5.74) is 0.0606. The van der Waals surface area contributed by atoms with E-state index < -0.39 is 20.3 Å². The van der Waals surface area contributed by atoms with E-state index in [0.717, 1.165) is 0 Å². The summed E-state index contributed by atoms with van der Waals surface area (Å²) in [6, 6.07) is 10.3. The molecule has 1 heterocycles. The fourth-order valence-electron chi connectivity index (χ4n) is 3.47. The number of aliphatic hydroxyl groups excluding tert-OH is 1. The van der Waals surface area contributed by atoms with Crippen molar-refractivity contribution in [2.75, 3.05) is 0 Å². The zero-order chi connectivity index (χ0) is 15.6. The molecule has 21 heavy (non-hydrogen) atoms. The number of esters is 1. The number of aliphatic hydroxyl groups is 1. The van der Waals surface area contributed by atoms with Crippen LogP contribution in [-0.4, -0.2) is 31.4 Å². The Bertz CT molecular complexity index is 510. The number of carbonyl (C=O) groups is 1. The summed E-state index contributed by atoms with van der Waals surface area (Å²) in [7, 11) is -1.97. The highest BCUT2D eigenvalue weighted by Gasteiger charge is 2.53. The molecule has 0 radical (unpaired) electrons. The van der Waals surface area contributed by atoms with Crippen LogP contribution < -0.4 is 5.19 Å². The van der Waals surface area contributed by atoms with Crippen molar-refractivity contribution >= 4 is 19.2 Å². The van der Waals surface area contributed by atoms with Gasteiger partial charge in [-0.25, -0.2) is 0 Å². The van der Waals surface area contributed by atoms with E-state index in [0.29, 0.717) is 6.42 Å². The molecule has 1 aliphatic heterocycles. The molecule has 3 nitrogen and oxygen atoms in total. The number of rotatable bonds is 5. The smallest absolute Gasteiger partial charge is 0.309 e. The molecule has 0 amide bonds. The molecule has 0 saturated carbocycles. The molecule has 4 heteroatoms. The lowest BCUT2D eigenvalue weighted by molar-refractivity contribution is -0.147. The van der Waals surface area contributed by atoms with Gasteiger partial charge in [-0.2, -0.15) is 0 Å². The molecule has 1 aromatic rings. The molecule has 1 N–H and O–H groups in total. The van der Waals surface area contributed by atoms with Gasteiger partial charge >= 0.3 is 5.97 Å². The van der Waals surface area contributed by atoms with Crippen LogP contribution in [0.15, 0.2) is 43.0 Å². The van der Waals surface area contributed by atoms with Crippen molar-refractivity contribution in [1.82, 2.24) is 0 Å². The Morgan fingerprint density at radius 2 is 2.00 bits per heavy atom. The quantitative estimate of drug-likeness (QED) is 0.516. The van der Waals surface area contributed by atoms with Crippen LogP contribution in [-0.2, 0) is 9.53 Å². The minimum Gasteiger partial charge on any atom is -0.459 e. The van der Waals surface area contributed by atoms with Crippen LogP contribution in [0.25, 0.3) is 0 Å². The Balaban J connectivity index is 2.44.